The highest BCUT2D eigenvalue weighted by Gasteiger charge is 2.61. The molecule has 1 amide bonds. The van der Waals surface area contributed by atoms with Crippen molar-refractivity contribution in [2.75, 3.05) is 5.32 Å². The van der Waals surface area contributed by atoms with Crippen molar-refractivity contribution in [3.63, 3.8) is 0 Å². The smallest absolute Gasteiger partial charge is 0.358 e. The van der Waals surface area contributed by atoms with Crippen LogP contribution in [0.25, 0.3) is 0 Å². The number of carbonyl (C=O) groups excluding carboxylic acids is 1. The molecule has 0 radical (unpaired) electrons. The molecule has 4 saturated carbocycles. The van der Waals surface area contributed by atoms with Crippen LogP contribution in [0, 0.1) is 34.3 Å². The second-order valence-electron chi connectivity index (χ2n) is 11.4. The lowest BCUT2D eigenvalue weighted by atomic mass is 9.46. The van der Waals surface area contributed by atoms with Crippen molar-refractivity contribution >= 4 is 52.3 Å². The van der Waals surface area contributed by atoms with Crippen LogP contribution in [-0.2, 0) is 16.9 Å². The minimum absolute atomic E-state index is 0.0968. The predicted molar refractivity (Wildman–Crippen MR) is 145 cm³/mol. The summed E-state index contributed by atoms with van der Waals surface area (Å²) in [6.45, 7) is 2.23. The maximum absolute atomic E-state index is 13.4. The van der Waals surface area contributed by atoms with E-state index >= 15 is 0 Å². The van der Waals surface area contributed by atoms with Crippen molar-refractivity contribution in [2.24, 2.45) is 17.3 Å². The molecule has 7 rings (SSSR count). The van der Waals surface area contributed by atoms with E-state index in [1.807, 2.05) is 28.9 Å². The molecule has 4 bridgehead atoms. The van der Waals surface area contributed by atoms with Crippen LogP contribution in [0.15, 0.2) is 30.5 Å². The predicted octanol–water partition coefficient (Wildman–Crippen LogP) is 6.63. The minimum atomic E-state index is -0.524. The monoisotopic (exact) mass is 576 g/mol. The number of rotatable bonds is 7. The average Bonchev–Trinajstić information content (AvgIpc) is 3.32. The summed E-state index contributed by atoms with van der Waals surface area (Å²) in [7, 11) is 0. The zero-order valence-electron chi connectivity index (χ0n) is 20.8. The van der Waals surface area contributed by atoms with Crippen LogP contribution in [0.2, 0.25) is 15.1 Å². The van der Waals surface area contributed by atoms with E-state index in [1.165, 1.54) is 0 Å². The molecule has 12 heteroatoms. The number of nitrogens with one attached hydrogen (secondary N) is 1. The van der Waals surface area contributed by atoms with Gasteiger partial charge in [-0.2, -0.15) is 9.78 Å². The molecule has 3 aromatic rings. The first-order valence-electron chi connectivity index (χ1n) is 12.7. The zero-order valence-corrected chi connectivity index (χ0v) is 23.1. The van der Waals surface area contributed by atoms with Crippen LogP contribution < -0.4 is 5.32 Å². The average molecular weight is 578 g/mol. The number of hydrogen-bond donors (Lipinski definition) is 1. The number of aromatic nitrogens is 4. The van der Waals surface area contributed by atoms with Crippen molar-refractivity contribution in [3.05, 3.63) is 66.9 Å². The van der Waals surface area contributed by atoms with Crippen LogP contribution in [0.5, 0.6) is 0 Å². The molecule has 38 heavy (non-hydrogen) atoms. The van der Waals surface area contributed by atoms with Crippen LogP contribution in [0.1, 0.15) is 56.2 Å². The molecule has 0 spiro atoms. The number of amides is 1. The number of nitrogens with zero attached hydrogens (tertiary/aromatic N) is 5. The van der Waals surface area contributed by atoms with Crippen LogP contribution in [0.3, 0.4) is 0 Å². The van der Waals surface area contributed by atoms with E-state index in [-0.39, 0.29) is 27.7 Å². The molecule has 1 aromatic carbocycles. The fourth-order valence-electron chi connectivity index (χ4n) is 7.78. The Hall–Kier alpha value is -2.62. The molecule has 2 aromatic heterocycles. The van der Waals surface area contributed by atoms with Crippen molar-refractivity contribution in [1.82, 2.24) is 19.6 Å². The first kappa shape index (κ1) is 25.6. The number of benzene rings is 1. The highest BCUT2D eigenvalue weighted by atomic mass is 35.5. The van der Waals surface area contributed by atoms with Crippen molar-refractivity contribution in [3.8, 4) is 0 Å². The van der Waals surface area contributed by atoms with Gasteiger partial charge in [-0.05, 0) is 79.3 Å². The maximum atomic E-state index is 13.4. The molecule has 9 nitrogen and oxygen atoms in total. The molecule has 0 saturated heterocycles. The number of carbonyl (C=O) groups is 1. The Balaban J connectivity index is 1.21. The maximum Gasteiger partial charge on any atom is 0.408 e. The number of anilines is 1. The molecule has 200 valence electrons. The Bertz CT molecular complexity index is 1440. The van der Waals surface area contributed by atoms with Gasteiger partial charge in [0.15, 0.2) is 10.8 Å². The van der Waals surface area contributed by atoms with Crippen LogP contribution >= 0.6 is 34.8 Å². The summed E-state index contributed by atoms with van der Waals surface area (Å²) in [5, 5.41) is 24.4. The lowest BCUT2D eigenvalue weighted by Crippen LogP contribution is -2.57. The standard InChI is InChI=1S/C26H27Cl3N6O3/c1-15-22(29)24(35(37)38)32-34(15)26-9-16-6-17(10-26)8-25(7-16,14-26)11-21(36)30-23-20(28)13-33(31-23)12-18-4-2-3-5-19(18)27/h2-5,13,16-17H,6-12,14H2,1H3,(H,30,31,36). The molecule has 2 unspecified atom stereocenters. The second-order valence-corrected chi connectivity index (χ2v) is 12.6. The van der Waals surface area contributed by atoms with Gasteiger partial charge in [-0.15, -0.1) is 0 Å². The first-order valence-corrected chi connectivity index (χ1v) is 13.9. The summed E-state index contributed by atoms with van der Waals surface area (Å²) >= 11 is 19.0. The lowest BCUT2D eigenvalue weighted by Gasteiger charge is -2.61. The van der Waals surface area contributed by atoms with E-state index in [1.54, 1.807) is 17.8 Å². The van der Waals surface area contributed by atoms with E-state index in [9.17, 15) is 14.9 Å². The fraction of sp³-hybridized carbons (Fsp3) is 0.500. The molecular formula is C26H27Cl3N6O3. The Morgan fingerprint density at radius 2 is 1.84 bits per heavy atom. The number of halogens is 3. The van der Waals surface area contributed by atoms with Gasteiger partial charge in [0.05, 0.1) is 22.9 Å². The van der Waals surface area contributed by atoms with Gasteiger partial charge in [0.2, 0.25) is 5.91 Å². The van der Waals surface area contributed by atoms with Crippen molar-refractivity contribution in [1.29, 1.82) is 0 Å². The van der Waals surface area contributed by atoms with E-state index in [0.717, 1.165) is 44.1 Å². The van der Waals surface area contributed by atoms with Gasteiger partial charge >= 0.3 is 5.82 Å². The van der Waals surface area contributed by atoms with E-state index in [0.29, 0.717) is 46.4 Å². The second kappa shape index (κ2) is 9.24. The third-order valence-corrected chi connectivity index (χ3v) is 9.69. The zero-order chi connectivity index (χ0) is 26.8. The topological polar surface area (TPSA) is 108 Å². The molecule has 4 aliphatic carbocycles. The Kier molecular flexibility index (Phi) is 6.24. The molecule has 4 aliphatic rings. The highest BCUT2D eigenvalue weighted by molar-refractivity contribution is 6.33. The van der Waals surface area contributed by atoms with Crippen LogP contribution in [-0.4, -0.2) is 30.4 Å². The molecule has 2 atom stereocenters. The van der Waals surface area contributed by atoms with E-state index < -0.39 is 4.92 Å². The van der Waals surface area contributed by atoms with Crippen molar-refractivity contribution in [2.45, 2.75) is 64.0 Å². The van der Waals surface area contributed by atoms with E-state index in [2.05, 4.69) is 15.5 Å². The summed E-state index contributed by atoms with van der Waals surface area (Å²) < 4.78 is 3.47. The van der Waals surface area contributed by atoms with Gasteiger partial charge in [0.1, 0.15) is 5.02 Å². The third-order valence-electron chi connectivity index (χ3n) is 8.60. The molecule has 4 fully saturated rings. The summed E-state index contributed by atoms with van der Waals surface area (Å²) in [5.74, 6) is 0.795. The third kappa shape index (κ3) is 4.38. The minimum Gasteiger partial charge on any atom is -0.358 e. The van der Waals surface area contributed by atoms with Crippen LogP contribution in [0.4, 0.5) is 11.6 Å². The fourth-order valence-corrected chi connectivity index (χ4v) is 8.36. The largest absolute Gasteiger partial charge is 0.408 e. The number of nitro groups is 1. The summed E-state index contributed by atoms with van der Waals surface area (Å²) in [5.41, 5.74) is 0.955. The number of hydrogen-bond acceptors (Lipinski definition) is 5. The van der Waals surface area contributed by atoms with Gasteiger partial charge in [0, 0.05) is 17.6 Å². The first-order chi connectivity index (χ1) is 18.1. The highest BCUT2D eigenvalue weighted by Crippen LogP contribution is 2.65. The van der Waals surface area contributed by atoms with E-state index in [4.69, 9.17) is 34.8 Å². The molecule has 2 heterocycles. The van der Waals surface area contributed by atoms with Gasteiger partial charge in [0.25, 0.3) is 0 Å². The molecular weight excluding hydrogens is 551 g/mol. The summed E-state index contributed by atoms with van der Waals surface area (Å²) in [6.07, 6.45) is 7.61. The summed E-state index contributed by atoms with van der Waals surface area (Å²) in [6, 6.07) is 7.51. The Labute approximate surface area is 234 Å². The van der Waals surface area contributed by atoms with Gasteiger partial charge in [-0.3, -0.25) is 9.48 Å². The Morgan fingerprint density at radius 3 is 2.50 bits per heavy atom. The van der Waals surface area contributed by atoms with Crippen molar-refractivity contribution < 1.29 is 9.72 Å². The Morgan fingerprint density at radius 1 is 1.13 bits per heavy atom. The quantitative estimate of drug-likeness (QED) is 0.250. The SMILES string of the molecule is Cc1c(Cl)c([N+](=O)[O-])nn1C12CC3CC(CC(CC(=O)Nc4nn(Cc5ccccc5Cl)cc4Cl)(C3)C1)C2. The van der Waals surface area contributed by atoms with Gasteiger partial charge < -0.3 is 15.4 Å². The summed E-state index contributed by atoms with van der Waals surface area (Å²) in [4.78, 5) is 24.3. The molecule has 1 N–H and O–H groups in total. The lowest BCUT2D eigenvalue weighted by molar-refractivity contribution is -0.389. The van der Waals surface area contributed by atoms with Gasteiger partial charge in [-0.25, -0.2) is 0 Å². The van der Waals surface area contributed by atoms with Gasteiger partial charge in [-0.1, -0.05) is 53.0 Å². The normalized spacial score (nSPS) is 27.6. The molecule has 0 aliphatic heterocycles.